The predicted molar refractivity (Wildman–Crippen MR) is 101 cm³/mol. The van der Waals surface area contributed by atoms with Crippen molar-refractivity contribution in [2.75, 3.05) is 18.1 Å². The fraction of sp³-hybridized carbons (Fsp3) is 0.562. The number of nitrogens with one attached hydrogen (secondary N) is 2. The van der Waals surface area contributed by atoms with Gasteiger partial charge in [0, 0.05) is 22.6 Å². The van der Waals surface area contributed by atoms with Crippen molar-refractivity contribution in [3.63, 3.8) is 0 Å². The highest BCUT2D eigenvalue weighted by Crippen LogP contribution is 2.21. The van der Waals surface area contributed by atoms with Gasteiger partial charge in [-0.3, -0.25) is 0 Å². The number of benzene rings is 1. The topological polar surface area (TPSA) is 70.6 Å². The zero-order valence-electron chi connectivity index (χ0n) is 13.9. The Labute approximate surface area is 153 Å². The van der Waals surface area contributed by atoms with Gasteiger partial charge in [0.2, 0.25) is 0 Å². The average Bonchev–Trinajstić information content (AvgIpc) is 2.82. The highest BCUT2D eigenvalue weighted by atomic mass is 35.5. The molecule has 5 nitrogen and oxygen atoms in total. The highest BCUT2D eigenvalue weighted by Gasteiger charge is 2.27. The van der Waals surface area contributed by atoms with Gasteiger partial charge in [-0.15, -0.1) is 0 Å². The lowest BCUT2D eigenvalue weighted by Crippen LogP contribution is -2.43. The molecule has 1 aliphatic rings. The van der Waals surface area contributed by atoms with Crippen LogP contribution in [0.4, 0.5) is 0 Å². The lowest BCUT2D eigenvalue weighted by molar-refractivity contribution is 0.562. The molecule has 0 bridgehead atoms. The summed E-state index contributed by atoms with van der Waals surface area (Å²) in [7, 11) is -2.86. The van der Waals surface area contributed by atoms with Crippen molar-refractivity contribution >= 4 is 39.0 Å². The molecule has 1 unspecified atom stereocenters. The number of guanidine groups is 1. The molecule has 0 aromatic heterocycles. The van der Waals surface area contributed by atoms with E-state index in [1.54, 1.807) is 12.1 Å². The van der Waals surface area contributed by atoms with E-state index >= 15 is 0 Å². The standard InChI is InChI=1S/C16H23Cl2N3O2S/c1-11(2)21-16(19-8-12-5-6-24(22,23)10-12)20-9-13-3-4-14(17)7-15(13)18/h3-4,7,11-12H,5-6,8-10H2,1-2H3,(H2,19,20,21). The number of nitrogens with zero attached hydrogens (tertiary/aromatic N) is 1. The molecule has 0 aliphatic carbocycles. The third-order valence-electron chi connectivity index (χ3n) is 3.73. The van der Waals surface area contributed by atoms with E-state index in [0.717, 1.165) is 5.56 Å². The quantitative estimate of drug-likeness (QED) is 0.597. The second kappa shape index (κ2) is 8.41. The van der Waals surface area contributed by atoms with Gasteiger partial charge in [-0.05, 0) is 43.9 Å². The van der Waals surface area contributed by atoms with E-state index < -0.39 is 9.84 Å². The number of hydrogen-bond donors (Lipinski definition) is 2. The van der Waals surface area contributed by atoms with E-state index in [0.29, 0.717) is 35.5 Å². The molecule has 2 rings (SSSR count). The summed E-state index contributed by atoms with van der Waals surface area (Å²) in [5.74, 6) is 1.32. The maximum absolute atomic E-state index is 11.5. The van der Waals surface area contributed by atoms with Crippen LogP contribution in [-0.2, 0) is 16.4 Å². The summed E-state index contributed by atoms with van der Waals surface area (Å²) >= 11 is 12.1. The SMILES string of the molecule is CC(C)NC(=NCc1ccc(Cl)cc1Cl)NCC1CCS(=O)(=O)C1. The van der Waals surface area contributed by atoms with E-state index in [1.807, 2.05) is 19.9 Å². The van der Waals surface area contributed by atoms with Crippen LogP contribution in [0.1, 0.15) is 25.8 Å². The van der Waals surface area contributed by atoms with Crippen molar-refractivity contribution in [3.8, 4) is 0 Å². The summed E-state index contributed by atoms with van der Waals surface area (Å²) in [4.78, 5) is 4.54. The molecule has 0 radical (unpaired) electrons. The van der Waals surface area contributed by atoms with Gasteiger partial charge >= 0.3 is 0 Å². The van der Waals surface area contributed by atoms with E-state index in [9.17, 15) is 8.42 Å². The van der Waals surface area contributed by atoms with Gasteiger partial charge in [0.1, 0.15) is 0 Å². The van der Waals surface area contributed by atoms with Crippen LogP contribution in [0, 0.1) is 5.92 Å². The molecule has 1 atom stereocenters. The first-order valence-corrected chi connectivity index (χ1v) is 10.5. The molecule has 0 spiro atoms. The number of rotatable bonds is 5. The van der Waals surface area contributed by atoms with Crippen LogP contribution in [-0.4, -0.2) is 38.5 Å². The first-order chi connectivity index (χ1) is 11.2. The largest absolute Gasteiger partial charge is 0.356 e. The first-order valence-electron chi connectivity index (χ1n) is 7.94. The molecule has 134 valence electrons. The van der Waals surface area contributed by atoms with Crippen molar-refractivity contribution < 1.29 is 8.42 Å². The van der Waals surface area contributed by atoms with E-state index in [1.165, 1.54) is 0 Å². The Morgan fingerprint density at radius 1 is 1.38 bits per heavy atom. The van der Waals surface area contributed by atoms with Gasteiger partial charge in [0.15, 0.2) is 15.8 Å². The Balaban J connectivity index is 1.99. The molecule has 1 saturated heterocycles. The van der Waals surface area contributed by atoms with Crippen molar-refractivity contribution in [2.24, 2.45) is 10.9 Å². The van der Waals surface area contributed by atoms with Gasteiger partial charge in [0.05, 0.1) is 18.1 Å². The molecule has 1 aromatic rings. The predicted octanol–water partition coefficient (Wildman–Crippen LogP) is 2.87. The summed E-state index contributed by atoms with van der Waals surface area (Å²) in [5, 5.41) is 7.66. The Morgan fingerprint density at radius 3 is 2.71 bits per heavy atom. The summed E-state index contributed by atoms with van der Waals surface area (Å²) in [6.45, 7) is 5.05. The normalized spacial score (nSPS) is 20.4. The number of sulfone groups is 1. The maximum Gasteiger partial charge on any atom is 0.191 e. The Morgan fingerprint density at radius 2 is 2.12 bits per heavy atom. The molecule has 1 aliphatic heterocycles. The van der Waals surface area contributed by atoms with E-state index in [4.69, 9.17) is 23.2 Å². The van der Waals surface area contributed by atoms with Crippen LogP contribution in [0.2, 0.25) is 10.0 Å². The van der Waals surface area contributed by atoms with Crippen molar-refractivity contribution in [1.82, 2.24) is 10.6 Å². The first kappa shape index (κ1) is 19.3. The molecule has 8 heteroatoms. The minimum atomic E-state index is -2.86. The third kappa shape index (κ3) is 6.15. The molecule has 1 heterocycles. The lowest BCUT2D eigenvalue weighted by atomic mass is 10.1. The van der Waals surface area contributed by atoms with Crippen molar-refractivity contribution in [3.05, 3.63) is 33.8 Å². The number of halogens is 2. The van der Waals surface area contributed by atoms with E-state index in [2.05, 4.69) is 15.6 Å². The summed E-state index contributed by atoms with van der Waals surface area (Å²) in [5.41, 5.74) is 0.884. The monoisotopic (exact) mass is 391 g/mol. The van der Waals surface area contributed by atoms with Crippen LogP contribution in [0.15, 0.2) is 23.2 Å². The van der Waals surface area contributed by atoms with Crippen molar-refractivity contribution in [1.29, 1.82) is 0 Å². The molecule has 2 N–H and O–H groups in total. The van der Waals surface area contributed by atoms with Crippen LogP contribution in [0.25, 0.3) is 0 Å². The van der Waals surface area contributed by atoms with Crippen molar-refractivity contribution in [2.45, 2.75) is 32.9 Å². The molecule has 24 heavy (non-hydrogen) atoms. The molecule has 1 fully saturated rings. The smallest absolute Gasteiger partial charge is 0.191 e. The zero-order chi connectivity index (χ0) is 17.7. The zero-order valence-corrected chi connectivity index (χ0v) is 16.2. The molecule has 1 aromatic carbocycles. The Hall–Kier alpha value is -0.980. The molecule has 0 amide bonds. The molecule has 0 saturated carbocycles. The van der Waals surface area contributed by atoms with Gasteiger partial charge in [-0.25, -0.2) is 13.4 Å². The van der Waals surface area contributed by atoms with Gasteiger partial charge in [-0.1, -0.05) is 29.3 Å². The van der Waals surface area contributed by atoms with Gasteiger partial charge < -0.3 is 10.6 Å². The Bertz CT molecular complexity index is 705. The lowest BCUT2D eigenvalue weighted by Gasteiger charge is -2.17. The second-order valence-electron chi connectivity index (χ2n) is 6.35. The maximum atomic E-state index is 11.5. The van der Waals surface area contributed by atoms with Gasteiger partial charge in [-0.2, -0.15) is 0 Å². The van der Waals surface area contributed by atoms with Gasteiger partial charge in [0.25, 0.3) is 0 Å². The number of aliphatic imine (C=N–C) groups is 1. The number of hydrogen-bond acceptors (Lipinski definition) is 3. The third-order valence-corrected chi connectivity index (χ3v) is 6.16. The minimum absolute atomic E-state index is 0.133. The van der Waals surface area contributed by atoms with Crippen LogP contribution in [0.5, 0.6) is 0 Å². The molecular weight excluding hydrogens is 369 g/mol. The summed E-state index contributed by atoms with van der Waals surface area (Å²) < 4.78 is 23.1. The second-order valence-corrected chi connectivity index (χ2v) is 9.42. The van der Waals surface area contributed by atoms with Crippen LogP contribution < -0.4 is 10.6 Å². The highest BCUT2D eigenvalue weighted by molar-refractivity contribution is 7.91. The summed E-state index contributed by atoms with van der Waals surface area (Å²) in [6, 6.07) is 5.54. The fourth-order valence-electron chi connectivity index (χ4n) is 2.51. The summed E-state index contributed by atoms with van der Waals surface area (Å²) in [6.07, 6.45) is 0.702. The van der Waals surface area contributed by atoms with Crippen LogP contribution in [0.3, 0.4) is 0 Å². The van der Waals surface area contributed by atoms with Crippen LogP contribution >= 0.6 is 23.2 Å². The molecular formula is C16H23Cl2N3O2S. The average molecular weight is 392 g/mol. The fourth-order valence-corrected chi connectivity index (χ4v) is 4.84. The minimum Gasteiger partial charge on any atom is -0.356 e. The Kier molecular flexibility index (Phi) is 6.78. The van der Waals surface area contributed by atoms with E-state index in [-0.39, 0.29) is 23.5 Å².